The molecule has 0 spiro atoms. The maximum atomic E-state index is 5.44. The summed E-state index contributed by atoms with van der Waals surface area (Å²) in [5.74, 6) is 0.155. The van der Waals surface area contributed by atoms with Gasteiger partial charge in [-0.2, -0.15) is 0 Å². The van der Waals surface area contributed by atoms with Crippen molar-refractivity contribution in [2.75, 3.05) is 0 Å². The zero-order chi connectivity index (χ0) is 52.4. The number of pyridine rings is 1. The summed E-state index contributed by atoms with van der Waals surface area (Å²) in [6, 6.07) is 95.2. The van der Waals surface area contributed by atoms with Gasteiger partial charge in [0.1, 0.15) is 0 Å². The first-order valence-corrected chi connectivity index (χ1v) is 28.0. The lowest BCUT2D eigenvalue weighted by molar-refractivity contribution is 0.632. The average molecular weight is 1010 g/mol. The number of allylic oxidation sites excluding steroid dienone is 5. The third-order valence-electron chi connectivity index (χ3n) is 17.8. The van der Waals surface area contributed by atoms with E-state index in [4.69, 9.17) is 4.98 Å². The standard InChI is InChI=1S/C79H49N/c1-3-16-53-44-56(36-30-48(53)14-1)76-61-20-5-6-21-62(61)77(57-37-31-49-15-2-4-17-54(49)45-57)72-46-55(38-40-71(72)76)58-39-43-73(80-47-58)79-68-24-9-7-22-63(68)75(64-23-8-10-25-69(64)79)52-34-32-50(33-35-52)59-41-42-70-66-27-12-19-51-18-11-26-65(74(51)66)67-29-13-28-60(59)78(67)70/h1-47,68,79H. The Bertz CT molecular complexity index is 5120. The quantitative estimate of drug-likeness (QED) is 0.119. The van der Waals surface area contributed by atoms with Crippen molar-refractivity contribution in [1.29, 1.82) is 0 Å². The zero-order valence-corrected chi connectivity index (χ0v) is 43.7. The van der Waals surface area contributed by atoms with Gasteiger partial charge in [-0.3, -0.25) is 4.98 Å². The Morgan fingerprint density at radius 2 is 0.825 bits per heavy atom. The molecule has 0 fully saturated rings. The first-order chi connectivity index (χ1) is 39.7. The molecule has 0 aliphatic heterocycles. The van der Waals surface area contributed by atoms with Crippen LogP contribution in [-0.4, -0.2) is 4.98 Å². The number of benzene rings is 14. The molecule has 0 bridgehead atoms. The van der Waals surface area contributed by atoms with Crippen LogP contribution in [-0.2, 0) is 0 Å². The summed E-state index contributed by atoms with van der Waals surface area (Å²) in [4.78, 5) is 5.44. The van der Waals surface area contributed by atoms with Gasteiger partial charge in [0.05, 0.1) is 0 Å². The second kappa shape index (κ2) is 17.7. The third-order valence-corrected chi connectivity index (χ3v) is 17.8. The lowest BCUT2D eigenvalue weighted by Gasteiger charge is -2.36. The van der Waals surface area contributed by atoms with E-state index in [1.54, 1.807) is 0 Å². The van der Waals surface area contributed by atoms with Gasteiger partial charge in [-0.1, -0.05) is 255 Å². The minimum absolute atomic E-state index is 0.0417. The molecule has 1 aromatic heterocycles. The molecule has 0 amide bonds. The van der Waals surface area contributed by atoms with Crippen LogP contribution >= 0.6 is 0 Å². The van der Waals surface area contributed by atoms with Crippen LogP contribution in [0.1, 0.15) is 28.3 Å². The van der Waals surface area contributed by atoms with E-state index in [0.717, 1.165) is 16.8 Å². The van der Waals surface area contributed by atoms with Gasteiger partial charge in [-0.15, -0.1) is 0 Å². The molecule has 80 heavy (non-hydrogen) atoms. The van der Waals surface area contributed by atoms with E-state index in [-0.39, 0.29) is 11.8 Å². The second-order valence-electron chi connectivity index (χ2n) is 22.0. The molecule has 0 radical (unpaired) electrons. The third kappa shape index (κ3) is 6.81. The number of aromatic nitrogens is 1. The molecule has 2 aliphatic carbocycles. The van der Waals surface area contributed by atoms with Crippen LogP contribution in [0.2, 0.25) is 0 Å². The second-order valence-corrected chi connectivity index (χ2v) is 22.0. The van der Waals surface area contributed by atoms with Gasteiger partial charge in [0, 0.05) is 29.3 Å². The molecular weight excluding hydrogens is 963 g/mol. The Hall–Kier alpha value is -10.2. The number of nitrogens with zero attached hydrogens (tertiary/aromatic N) is 1. The summed E-state index contributed by atoms with van der Waals surface area (Å²) >= 11 is 0. The predicted octanol–water partition coefficient (Wildman–Crippen LogP) is 21.1. The van der Waals surface area contributed by atoms with Crippen molar-refractivity contribution in [2.45, 2.75) is 5.92 Å². The lowest BCUT2D eigenvalue weighted by atomic mass is 9.67. The normalized spacial score (nSPS) is 15.1. The fourth-order valence-electron chi connectivity index (χ4n) is 14.3. The van der Waals surface area contributed by atoms with Gasteiger partial charge < -0.3 is 0 Å². The van der Waals surface area contributed by atoms with Gasteiger partial charge in [0.25, 0.3) is 0 Å². The highest BCUT2D eigenvalue weighted by molar-refractivity contribution is 6.34. The van der Waals surface area contributed by atoms with Gasteiger partial charge in [-0.25, -0.2) is 0 Å². The van der Waals surface area contributed by atoms with Crippen LogP contribution in [0.25, 0.3) is 136 Å². The van der Waals surface area contributed by atoms with Gasteiger partial charge in [0.2, 0.25) is 0 Å². The van der Waals surface area contributed by atoms with Crippen molar-refractivity contribution < 1.29 is 0 Å². The maximum absolute atomic E-state index is 5.44. The van der Waals surface area contributed by atoms with Gasteiger partial charge >= 0.3 is 0 Å². The molecule has 1 nitrogen and oxygen atoms in total. The van der Waals surface area contributed by atoms with E-state index < -0.39 is 0 Å². The van der Waals surface area contributed by atoms with Crippen LogP contribution in [0, 0.1) is 5.92 Å². The molecule has 0 saturated heterocycles. The largest absolute Gasteiger partial charge is 0.260 e. The highest BCUT2D eigenvalue weighted by Gasteiger charge is 2.36. The Morgan fingerprint density at radius 3 is 1.54 bits per heavy atom. The van der Waals surface area contributed by atoms with Crippen molar-refractivity contribution in [3.8, 4) is 44.5 Å². The van der Waals surface area contributed by atoms with E-state index in [1.807, 2.05) is 0 Å². The van der Waals surface area contributed by atoms with Gasteiger partial charge in [0.15, 0.2) is 0 Å². The molecule has 17 rings (SSSR count). The maximum Gasteiger partial charge on any atom is 0.0488 e. The number of fused-ring (bicyclic) bond motifs is 8. The van der Waals surface area contributed by atoms with Crippen LogP contribution in [0.3, 0.4) is 0 Å². The molecule has 14 aromatic carbocycles. The minimum atomic E-state index is 0.0417. The summed E-state index contributed by atoms with van der Waals surface area (Å²) in [5, 5.41) is 20.4. The molecule has 2 unspecified atom stereocenters. The van der Waals surface area contributed by atoms with Crippen LogP contribution < -0.4 is 0 Å². The average Bonchev–Trinajstić information content (AvgIpc) is 3.58. The van der Waals surface area contributed by atoms with E-state index in [9.17, 15) is 0 Å². The Labute approximate surface area is 463 Å². The van der Waals surface area contributed by atoms with E-state index in [0.29, 0.717) is 0 Å². The molecule has 1 heteroatoms. The molecule has 15 aromatic rings. The zero-order valence-electron chi connectivity index (χ0n) is 43.7. The van der Waals surface area contributed by atoms with Crippen molar-refractivity contribution in [3.63, 3.8) is 0 Å². The molecule has 0 saturated carbocycles. The molecule has 370 valence electrons. The topological polar surface area (TPSA) is 12.9 Å². The van der Waals surface area contributed by atoms with Crippen molar-refractivity contribution in [2.24, 2.45) is 5.92 Å². The van der Waals surface area contributed by atoms with Crippen LogP contribution in [0.4, 0.5) is 0 Å². The van der Waals surface area contributed by atoms with Crippen LogP contribution in [0.15, 0.2) is 291 Å². The summed E-state index contributed by atoms with van der Waals surface area (Å²) in [6.45, 7) is 0. The Kier molecular flexibility index (Phi) is 9.91. The van der Waals surface area contributed by atoms with E-state index in [2.05, 4.69) is 285 Å². The first-order valence-electron chi connectivity index (χ1n) is 28.0. The monoisotopic (exact) mass is 1010 g/mol. The lowest BCUT2D eigenvalue weighted by Crippen LogP contribution is -2.23. The summed E-state index contributed by atoms with van der Waals surface area (Å²) < 4.78 is 0. The Balaban J connectivity index is 0.761. The first kappa shape index (κ1) is 44.9. The molecule has 1 heterocycles. The molecular formula is C79H49N. The van der Waals surface area contributed by atoms with Crippen molar-refractivity contribution >= 4 is 91.8 Å². The van der Waals surface area contributed by atoms with E-state index in [1.165, 1.54) is 147 Å². The minimum Gasteiger partial charge on any atom is -0.260 e. The smallest absolute Gasteiger partial charge is 0.0488 e. The van der Waals surface area contributed by atoms with Gasteiger partial charge in [-0.05, 0) is 177 Å². The summed E-state index contributed by atoms with van der Waals surface area (Å²) in [6.07, 6.45) is 11.3. The fourth-order valence-corrected chi connectivity index (χ4v) is 14.3. The van der Waals surface area contributed by atoms with Crippen molar-refractivity contribution in [1.82, 2.24) is 4.98 Å². The molecule has 2 aliphatic rings. The molecule has 0 N–H and O–H groups in total. The fraction of sp³-hybridized carbons (Fsp3) is 0.0253. The highest BCUT2D eigenvalue weighted by Crippen LogP contribution is 2.51. The number of hydrogen-bond donors (Lipinski definition) is 0. The number of rotatable bonds is 6. The van der Waals surface area contributed by atoms with Crippen LogP contribution in [0.5, 0.6) is 0 Å². The Morgan fingerprint density at radius 1 is 0.300 bits per heavy atom. The highest BCUT2D eigenvalue weighted by atomic mass is 14.7. The molecule has 2 atom stereocenters. The summed E-state index contributed by atoms with van der Waals surface area (Å²) in [7, 11) is 0. The summed E-state index contributed by atoms with van der Waals surface area (Å²) in [5.41, 5.74) is 17.1. The van der Waals surface area contributed by atoms with E-state index >= 15 is 0 Å². The number of hydrogen-bond acceptors (Lipinski definition) is 1. The predicted molar refractivity (Wildman–Crippen MR) is 340 cm³/mol. The SMILES string of the molecule is C1=CC2=C(c3ccc(-c4ccc5c6cccc7cccc(c8cccc4c85)c76)cc3)c3ccccc3C(c3ccc(-c4ccc5c(-c6ccc7ccccc7c6)c6ccccc6c(-c6ccc7ccccc7c6)c5c4)cn3)C2C=C1. The van der Waals surface area contributed by atoms with Crippen molar-refractivity contribution in [3.05, 3.63) is 313 Å².